The molecule has 0 fully saturated rings. The summed E-state index contributed by atoms with van der Waals surface area (Å²) in [6.07, 6.45) is 3.59. The van der Waals surface area contributed by atoms with E-state index in [1.54, 1.807) is 12.4 Å². The Kier molecular flexibility index (Phi) is 3.15. The summed E-state index contributed by atoms with van der Waals surface area (Å²) in [4.78, 5) is 3.95. The predicted molar refractivity (Wildman–Crippen MR) is 54.7 cm³/mol. The molecule has 0 aliphatic carbocycles. The normalized spacial score (nSPS) is 10.3. The van der Waals surface area contributed by atoms with E-state index in [0.717, 1.165) is 18.8 Å². The summed E-state index contributed by atoms with van der Waals surface area (Å²) in [5, 5.41) is 9.17. The molecule has 0 bridgehead atoms. The van der Waals surface area contributed by atoms with E-state index in [-0.39, 0.29) is 0 Å². The predicted octanol–water partition coefficient (Wildman–Crippen LogP) is 1.22. The highest BCUT2D eigenvalue weighted by Gasteiger charge is 1.95. The fraction of sp³-hybridized carbons (Fsp3) is 0.222. The van der Waals surface area contributed by atoms with Crippen LogP contribution in [0.5, 0.6) is 0 Å². The van der Waals surface area contributed by atoms with Crippen molar-refractivity contribution < 1.29 is 0 Å². The second-order valence-corrected chi connectivity index (χ2v) is 3.47. The van der Waals surface area contributed by atoms with Crippen LogP contribution in [-0.4, -0.2) is 14.6 Å². The van der Waals surface area contributed by atoms with Crippen molar-refractivity contribution in [2.24, 2.45) is 0 Å². The largest absolute Gasteiger partial charge is 0.307 e. The van der Waals surface area contributed by atoms with Crippen LogP contribution in [0.25, 0.3) is 0 Å². The highest BCUT2D eigenvalue weighted by Crippen LogP contribution is 1.98. The van der Waals surface area contributed by atoms with Crippen LogP contribution in [-0.2, 0) is 13.1 Å². The Morgan fingerprint density at radius 2 is 2.07 bits per heavy atom. The molecule has 0 spiro atoms. The molecule has 0 amide bonds. The number of nitrogens with zero attached hydrogens (tertiary/aromatic N) is 3. The summed E-state index contributed by atoms with van der Waals surface area (Å²) >= 11 is 1.37. The van der Waals surface area contributed by atoms with Gasteiger partial charge in [-0.05, 0) is 29.2 Å². The highest BCUT2D eigenvalue weighted by molar-refractivity contribution is 7.03. The molecule has 14 heavy (non-hydrogen) atoms. The smallest absolute Gasteiger partial charge is 0.0893 e. The standard InChI is InChI=1S/C9H10N4S/c1-3-10-4-2-8(1)5-11-6-9-7-14-13-12-9/h1-4,7,11H,5-6H2. The first kappa shape index (κ1) is 9.23. The molecule has 2 rings (SSSR count). The molecule has 4 nitrogen and oxygen atoms in total. The van der Waals surface area contributed by atoms with Gasteiger partial charge in [0.1, 0.15) is 0 Å². The number of hydrogen-bond acceptors (Lipinski definition) is 5. The maximum Gasteiger partial charge on any atom is 0.0893 e. The van der Waals surface area contributed by atoms with E-state index in [4.69, 9.17) is 0 Å². The summed E-state index contributed by atoms with van der Waals surface area (Å²) in [5.74, 6) is 0. The van der Waals surface area contributed by atoms with Crippen LogP contribution < -0.4 is 5.32 Å². The highest BCUT2D eigenvalue weighted by atomic mass is 32.1. The second-order valence-electron chi connectivity index (χ2n) is 2.86. The van der Waals surface area contributed by atoms with Gasteiger partial charge in [0, 0.05) is 30.9 Å². The first-order valence-corrected chi connectivity index (χ1v) is 5.14. The molecule has 0 saturated heterocycles. The first-order valence-electron chi connectivity index (χ1n) is 4.31. The van der Waals surface area contributed by atoms with Gasteiger partial charge < -0.3 is 5.32 Å². The third-order valence-corrected chi connectivity index (χ3v) is 2.34. The lowest BCUT2D eigenvalue weighted by Crippen LogP contribution is -2.12. The van der Waals surface area contributed by atoms with Crippen LogP contribution in [0.1, 0.15) is 11.3 Å². The molecule has 0 saturated carbocycles. The Morgan fingerprint density at radius 1 is 1.21 bits per heavy atom. The van der Waals surface area contributed by atoms with Crippen LogP contribution in [0.4, 0.5) is 0 Å². The molecule has 2 heterocycles. The third kappa shape index (κ3) is 2.58. The Balaban J connectivity index is 1.79. The minimum absolute atomic E-state index is 0.763. The Labute approximate surface area is 86.2 Å². The lowest BCUT2D eigenvalue weighted by atomic mass is 10.3. The van der Waals surface area contributed by atoms with Crippen LogP contribution in [0, 0.1) is 0 Å². The third-order valence-electron chi connectivity index (χ3n) is 1.79. The van der Waals surface area contributed by atoms with Crippen molar-refractivity contribution in [2.45, 2.75) is 13.1 Å². The average Bonchev–Trinajstić information content (AvgIpc) is 2.72. The van der Waals surface area contributed by atoms with Gasteiger partial charge in [0.2, 0.25) is 0 Å². The molecule has 2 aromatic rings. The Bertz CT molecular complexity index is 360. The lowest BCUT2D eigenvalue weighted by molar-refractivity contribution is 0.677. The van der Waals surface area contributed by atoms with Crippen molar-refractivity contribution in [3.05, 3.63) is 41.2 Å². The molecule has 5 heteroatoms. The van der Waals surface area contributed by atoms with E-state index in [0.29, 0.717) is 0 Å². The van der Waals surface area contributed by atoms with Gasteiger partial charge in [0.05, 0.1) is 5.69 Å². The van der Waals surface area contributed by atoms with E-state index in [9.17, 15) is 0 Å². The summed E-state index contributed by atoms with van der Waals surface area (Å²) in [7, 11) is 0. The quantitative estimate of drug-likeness (QED) is 0.817. The minimum atomic E-state index is 0.763. The zero-order valence-electron chi connectivity index (χ0n) is 7.55. The zero-order valence-corrected chi connectivity index (χ0v) is 8.37. The fourth-order valence-corrected chi connectivity index (χ4v) is 1.55. The summed E-state index contributed by atoms with van der Waals surface area (Å²) in [6, 6.07) is 3.98. The number of rotatable bonds is 4. The van der Waals surface area contributed by atoms with Gasteiger partial charge >= 0.3 is 0 Å². The molecular formula is C9H10N4S. The number of hydrogen-bond donors (Lipinski definition) is 1. The SMILES string of the molecule is c1cc(CNCc2csnn2)ccn1. The molecule has 0 radical (unpaired) electrons. The molecular weight excluding hydrogens is 196 g/mol. The molecule has 0 atom stereocenters. The maximum absolute atomic E-state index is 3.95. The van der Waals surface area contributed by atoms with Crippen molar-refractivity contribution in [2.75, 3.05) is 0 Å². The number of pyridine rings is 1. The fourth-order valence-electron chi connectivity index (χ4n) is 1.10. The van der Waals surface area contributed by atoms with Gasteiger partial charge in [-0.2, -0.15) is 0 Å². The van der Waals surface area contributed by atoms with Crippen molar-refractivity contribution in [1.82, 2.24) is 19.9 Å². The summed E-state index contributed by atoms with van der Waals surface area (Å²) < 4.78 is 3.79. The van der Waals surface area contributed by atoms with Crippen molar-refractivity contribution >= 4 is 11.5 Å². The molecule has 2 aromatic heterocycles. The molecule has 72 valence electrons. The van der Waals surface area contributed by atoms with Gasteiger partial charge in [-0.1, -0.05) is 4.49 Å². The average molecular weight is 206 g/mol. The number of aromatic nitrogens is 3. The van der Waals surface area contributed by atoms with Gasteiger partial charge in [0.15, 0.2) is 0 Å². The molecule has 1 N–H and O–H groups in total. The van der Waals surface area contributed by atoms with Crippen molar-refractivity contribution in [1.29, 1.82) is 0 Å². The minimum Gasteiger partial charge on any atom is -0.307 e. The summed E-state index contributed by atoms with van der Waals surface area (Å²) in [5.41, 5.74) is 2.22. The van der Waals surface area contributed by atoms with Crippen LogP contribution in [0.2, 0.25) is 0 Å². The van der Waals surface area contributed by atoms with E-state index in [2.05, 4.69) is 19.9 Å². The van der Waals surface area contributed by atoms with Crippen LogP contribution >= 0.6 is 11.5 Å². The van der Waals surface area contributed by atoms with E-state index in [1.807, 2.05) is 17.5 Å². The lowest BCUT2D eigenvalue weighted by Gasteiger charge is -2.01. The van der Waals surface area contributed by atoms with Crippen molar-refractivity contribution in [3.8, 4) is 0 Å². The summed E-state index contributed by atoms with van der Waals surface area (Å²) in [6.45, 7) is 1.60. The molecule has 0 aliphatic heterocycles. The topological polar surface area (TPSA) is 50.7 Å². The van der Waals surface area contributed by atoms with Gasteiger partial charge in [-0.3, -0.25) is 4.98 Å². The van der Waals surface area contributed by atoms with Crippen LogP contribution in [0.15, 0.2) is 29.9 Å². The molecule has 0 aromatic carbocycles. The van der Waals surface area contributed by atoms with Crippen molar-refractivity contribution in [3.63, 3.8) is 0 Å². The van der Waals surface area contributed by atoms with Gasteiger partial charge in [0.25, 0.3) is 0 Å². The first-order chi connectivity index (χ1) is 6.95. The monoisotopic (exact) mass is 206 g/mol. The molecule has 0 unspecified atom stereocenters. The van der Waals surface area contributed by atoms with E-state index < -0.39 is 0 Å². The van der Waals surface area contributed by atoms with Gasteiger partial charge in [-0.25, -0.2) is 0 Å². The second kappa shape index (κ2) is 4.78. The van der Waals surface area contributed by atoms with Gasteiger partial charge in [-0.15, -0.1) is 5.10 Å². The number of nitrogens with one attached hydrogen (secondary N) is 1. The van der Waals surface area contributed by atoms with E-state index in [1.165, 1.54) is 17.1 Å². The maximum atomic E-state index is 3.95. The zero-order chi connectivity index (χ0) is 9.64. The molecule has 0 aliphatic rings. The van der Waals surface area contributed by atoms with Crippen LogP contribution in [0.3, 0.4) is 0 Å². The van der Waals surface area contributed by atoms with E-state index >= 15 is 0 Å². The Hall–Kier alpha value is -1.33. The Morgan fingerprint density at radius 3 is 2.79 bits per heavy atom.